The molecule has 0 aliphatic carbocycles. The summed E-state index contributed by atoms with van der Waals surface area (Å²) >= 11 is 0. The van der Waals surface area contributed by atoms with Crippen LogP contribution < -0.4 is 0 Å². The highest BCUT2D eigenvalue weighted by atomic mass is 32.2. The molecule has 170 valence electrons. The maximum absolute atomic E-state index is 11.0. The van der Waals surface area contributed by atoms with Crippen LogP contribution in [0.2, 0.25) is 0 Å². The minimum atomic E-state index is -4.38. The lowest BCUT2D eigenvalue weighted by Gasteiger charge is -2.36. The van der Waals surface area contributed by atoms with Gasteiger partial charge < -0.3 is 14.1 Å². The van der Waals surface area contributed by atoms with Crippen molar-refractivity contribution in [1.29, 1.82) is 0 Å². The highest BCUT2D eigenvalue weighted by Gasteiger charge is 2.26. The Morgan fingerprint density at radius 1 is 0.750 bits per heavy atom. The van der Waals surface area contributed by atoms with Crippen LogP contribution in [-0.2, 0) is 10.1 Å². The summed E-state index contributed by atoms with van der Waals surface area (Å²) in [6.45, 7) is 6.68. The quantitative estimate of drug-likeness (QED) is 0.173. The van der Waals surface area contributed by atoms with Crippen molar-refractivity contribution in [3.63, 3.8) is 0 Å². The van der Waals surface area contributed by atoms with E-state index in [-0.39, 0.29) is 0 Å². The van der Waals surface area contributed by atoms with Crippen molar-refractivity contribution >= 4 is 10.1 Å². The van der Waals surface area contributed by atoms with E-state index in [9.17, 15) is 18.1 Å². The number of aliphatic hydroxyl groups is 1. The van der Waals surface area contributed by atoms with Crippen LogP contribution in [0.1, 0.15) is 104 Å². The van der Waals surface area contributed by atoms with E-state index >= 15 is 0 Å². The smallest absolute Gasteiger partial charge is 0.116 e. The summed E-state index contributed by atoms with van der Waals surface area (Å²) < 4.78 is 33.6. The zero-order valence-electron chi connectivity index (χ0n) is 18.8. The average molecular weight is 422 g/mol. The van der Waals surface area contributed by atoms with Gasteiger partial charge in [0.05, 0.1) is 36.0 Å². The van der Waals surface area contributed by atoms with E-state index in [1.165, 1.54) is 77.0 Å². The predicted octanol–water partition coefficient (Wildman–Crippen LogP) is 4.84. The van der Waals surface area contributed by atoms with Crippen LogP contribution in [0.5, 0.6) is 0 Å². The van der Waals surface area contributed by atoms with Crippen LogP contribution in [0.15, 0.2) is 0 Å². The lowest BCUT2D eigenvalue weighted by molar-refractivity contribution is -0.912. The topological polar surface area (TPSA) is 77.4 Å². The largest absolute Gasteiger partial charge is 0.748 e. The van der Waals surface area contributed by atoms with Crippen LogP contribution >= 0.6 is 0 Å². The Hall–Kier alpha value is -0.170. The van der Waals surface area contributed by atoms with Gasteiger partial charge in [-0.3, -0.25) is 0 Å². The summed E-state index contributed by atoms with van der Waals surface area (Å²) in [5.41, 5.74) is 0. The van der Waals surface area contributed by atoms with Crippen LogP contribution in [0.25, 0.3) is 0 Å². The van der Waals surface area contributed by atoms with E-state index in [1.807, 2.05) is 0 Å². The first-order valence-electron chi connectivity index (χ1n) is 11.7. The molecule has 28 heavy (non-hydrogen) atoms. The van der Waals surface area contributed by atoms with Crippen molar-refractivity contribution in [2.45, 2.75) is 110 Å². The van der Waals surface area contributed by atoms with Crippen molar-refractivity contribution in [1.82, 2.24) is 0 Å². The Morgan fingerprint density at radius 3 is 1.46 bits per heavy atom. The molecule has 0 fully saturated rings. The molecule has 0 spiro atoms. The van der Waals surface area contributed by atoms with Crippen molar-refractivity contribution in [3.8, 4) is 0 Å². The minimum Gasteiger partial charge on any atom is -0.748 e. The van der Waals surface area contributed by atoms with E-state index in [0.717, 1.165) is 25.9 Å². The van der Waals surface area contributed by atoms with E-state index in [1.54, 1.807) is 0 Å². The van der Waals surface area contributed by atoms with Crippen molar-refractivity contribution < 1.29 is 22.6 Å². The molecule has 0 rings (SSSR count). The predicted molar refractivity (Wildman–Crippen MR) is 117 cm³/mol. The van der Waals surface area contributed by atoms with Crippen LogP contribution in [0, 0.1) is 0 Å². The number of hydrogen-bond donors (Lipinski definition) is 1. The van der Waals surface area contributed by atoms with Crippen LogP contribution in [-0.4, -0.2) is 61.1 Å². The van der Waals surface area contributed by atoms with Gasteiger partial charge in [0.15, 0.2) is 0 Å². The molecule has 2 atom stereocenters. The summed E-state index contributed by atoms with van der Waals surface area (Å²) in [5.74, 6) is -0.672. The summed E-state index contributed by atoms with van der Waals surface area (Å²) in [6, 6.07) is 0. The third-order valence-electron chi connectivity index (χ3n) is 5.65. The molecule has 0 saturated carbocycles. The highest BCUT2D eigenvalue weighted by molar-refractivity contribution is 7.85. The van der Waals surface area contributed by atoms with Crippen molar-refractivity contribution in [2.24, 2.45) is 0 Å². The highest BCUT2D eigenvalue weighted by Crippen LogP contribution is 2.15. The van der Waals surface area contributed by atoms with Crippen LogP contribution in [0.4, 0.5) is 0 Å². The zero-order chi connectivity index (χ0) is 21.3. The number of unbranched alkanes of at least 4 members (excludes halogenated alkanes) is 12. The molecule has 0 saturated heterocycles. The third kappa shape index (κ3) is 17.9. The van der Waals surface area contributed by atoms with E-state index < -0.39 is 22.0 Å². The second kappa shape index (κ2) is 16.6. The van der Waals surface area contributed by atoms with E-state index in [2.05, 4.69) is 20.9 Å². The Labute approximate surface area is 175 Å². The maximum Gasteiger partial charge on any atom is 0.116 e. The molecule has 0 aromatic carbocycles. The molecule has 0 bridgehead atoms. The van der Waals surface area contributed by atoms with Gasteiger partial charge in [0, 0.05) is 0 Å². The number of hydrogen-bond acceptors (Lipinski definition) is 4. The lowest BCUT2D eigenvalue weighted by atomic mass is 10.1. The molecular formula is C22H47NO4S. The number of nitrogens with zero attached hydrogens (tertiary/aromatic N) is 1. The normalized spacial score (nSPS) is 15.5. The minimum absolute atomic E-state index is 0.354. The van der Waals surface area contributed by atoms with Gasteiger partial charge in [0.2, 0.25) is 0 Å². The number of likely N-dealkylation sites (N-methyl/N-ethyl adjacent to an activating group) is 1. The molecule has 0 aromatic rings. The molecule has 0 aliphatic rings. The van der Waals surface area contributed by atoms with Gasteiger partial charge >= 0.3 is 0 Å². The molecular weight excluding hydrogens is 374 g/mol. The second-order valence-electron chi connectivity index (χ2n) is 8.87. The SMILES string of the molecule is CCCCCCCCCC[N+](C)(CCCCCCCC)CC(O)CS(=O)(=O)[O-]. The first-order valence-corrected chi connectivity index (χ1v) is 13.3. The number of rotatable bonds is 20. The molecule has 0 amide bonds. The van der Waals surface area contributed by atoms with Gasteiger partial charge in [-0.05, 0) is 25.7 Å². The van der Waals surface area contributed by atoms with E-state index in [4.69, 9.17) is 0 Å². The summed E-state index contributed by atoms with van der Waals surface area (Å²) in [4.78, 5) is 0. The maximum atomic E-state index is 11.0. The number of aliphatic hydroxyl groups excluding tert-OH is 1. The Kier molecular flexibility index (Phi) is 16.5. The fraction of sp³-hybridized carbons (Fsp3) is 1.00. The molecule has 1 N–H and O–H groups in total. The molecule has 0 aliphatic heterocycles. The summed E-state index contributed by atoms with van der Waals surface area (Å²) in [6.07, 6.45) is 16.3. The van der Waals surface area contributed by atoms with Gasteiger partial charge in [0.1, 0.15) is 12.6 Å². The monoisotopic (exact) mass is 421 g/mol. The van der Waals surface area contributed by atoms with Crippen molar-refractivity contribution in [2.75, 3.05) is 32.4 Å². The molecule has 2 unspecified atom stereocenters. The van der Waals surface area contributed by atoms with Crippen molar-refractivity contribution in [3.05, 3.63) is 0 Å². The molecule has 5 nitrogen and oxygen atoms in total. The molecule has 0 heterocycles. The number of quaternary nitrogens is 1. The van der Waals surface area contributed by atoms with Crippen LogP contribution in [0.3, 0.4) is 0 Å². The second-order valence-corrected chi connectivity index (χ2v) is 10.3. The Morgan fingerprint density at radius 2 is 1.11 bits per heavy atom. The standard InChI is InChI=1S/C22H47NO4S/c1-4-6-8-10-12-13-15-17-19-23(3,18-16-14-11-9-7-5-2)20-22(24)21-28(25,26)27/h22,24H,4-21H2,1-3H3. The van der Waals surface area contributed by atoms with Gasteiger partial charge in [-0.1, -0.05) is 78.1 Å². The van der Waals surface area contributed by atoms with Gasteiger partial charge in [-0.2, -0.15) is 0 Å². The van der Waals surface area contributed by atoms with Gasteiger partial charge in [-0.15, -0.1) is 0 Å². The Balaban J connectivity index is 4.33. The third-order valence-corrected chi connectivity index (χ3v) is 6.44. The first-order chi connectivity index (χ1) is 13.2. The summed E-state index contributed by atoms with van der Waals surface area (Å²) in [7, 11) is -2.28. The summed E-state index contributed by atoms with van der Waals surface area (Å²) in [5, 5.41) is 10.1. The molecule has 0 radical (unpaired) electrons. The fourth-order valence-electron chi connectivity index (χ4n) is 3.99. The average Bonchev–Trinajstić information content (AvgIpc) is 2.58. The Bertz CT molecular complexity index is 455. The molecule has 6 heteroatoms. The first kappa shape index (κ1) is 27.8. The molecule has 0 aromatic heterocycles. The van der Waals surface area contributed by atoms with Gasteiger partial charge in [0.25, 0.3) is 0 Å². The fourth-order valence-corrected chi connectivity index (χ4v) is 4.57. The van der Waals surface area contributed by atoms with Gasteiger partial charge in [-0.25, -0.2) is 8.42 Å². The van der Waals surface area contributed by atoms with E-state index in [0.29, 0.717) is 11.0 Å². The zero-order valence-corrected chi connectivity index (χ0v) is 19.6. The lowest BCUT2D eigenvalue weighted by Crippen LogP contribution is -2.51.